The minimum Gasteiger partial charge on any atom is -0.143 e. The van der Waals surface area contributed by atoms with Crippen LogP contribution in [0.3, 0.4) is 0 Å². The molecule has 1 fully saturated rings. The summed E-state index contributed by atoms with van der Waals surface area (Å²) in [5, 5.41) is 0. The Bertz CT molecular complexity index is 525. The molecule has 0 saturated heterocycles. The van der Waals surface area contributed by atoms with Crippen molar-refractivity contribution in [3.63, 3.8) is 0 Å². The van der Waals surface area contributed by atoms with Gasteiger partial charge in [0.1, 0.15) is 0 Å². The summed E-state index contributed by atoms with van der Waals surface area (Å²) in [7, 11) is 0. The minimum atomic E-state index is 0.765. The van der Waals surface area contributed by atoms with Gasteiger partial charge < -0.3 is 0 Å². The molecule has 0 nitrogen and oxygen atoms in total. The highest BCUT2D eigenvalue weighted by molar-refractivity contribution is 7.80. The van der Waals surface area contributed by atoms with E-state index in [-0.39, 0.29) is 0 Å². The number of rotatable bonds is 2. The Hall–Kier alpha value is -1.21. The van der Waals surface area contributed by atoms with Gasteiger partial charge in [0.2, 0.25) is 0 Å². The standard InChI is InChI=1S/C17H18S/c18-17-12-15(13-6-4-5-7-13)10-11-16(17)14-8-2-1-3-9-14/h1-3,8-13,18H,4-7H2. The van der Waals surface area contributed by atoms with Crippen molar-refractivity contribution in [3.8, 4) is 11.1 Å². The van der Waals surface area contributed by atoms with Crippen LogP contribution in [0.25, 0.3) is 11.1 Å². The maximum absolute atomic E-state index is 4.67. The van der Waals surface area contributed by atoms with Crippen LogP contribution in [0.4, 0.5) is 0 Å². The molecule has 1 aliphatic carbocycles. The fourth-order valence-corrected chi connectivity index (χ4v) is 3.28. The number of hydrogen-bond donors (Lipinski definition) is 1. The molecule has 0 bridgehead atoms. The molecular formula is C17H18S. The summed E-state index contributed by atoms with van der Waals surface area (Å²) in [5.41, 5.74) is 3.96. The van der Waals surface area contributed by atoms with Crippen molar-refractivity contribution >= 4 is 12.6 Å². The summed E-state index contributed by atoms with van der Waals surface area (Å²) in [6.45, 7) is 0. The van der Waals surface area contributed by atoms with Gasteiger partial charge in [0.05, 0.1) is 0 Å². The molecule has 1 saturated carbocycles. The Kier molecular flexibility index (Phi) is 3.42. The van der Waals surface area contributed by atoms with E-state index in [2.05, 4.69) is 61.2 Å². The summed E-state index contributed by atoms with van der Waals surface area (Å²) in [6, 6.07) is 17.3. The van der Waals surface area contributed by atoms with Crippen molar-refractivity contribution in [3.05, 3.63) is 54.1 Å². The van der Waals surface area contributed by atoms with Gasteiger partial charge >= 0.3 is 0 Å². The van der Waals surface area contributed by atoms with E-state index in [1.165, 1.54) is 42.4 Å². The predicted molar refractivity (Wildman–Crippen MR) is 80.3 cm³/mol. The zero-order valence-corrected chi connectivity index (χ0v) is 11.4. The van der Waals surface area contributed by atoms with Crippen LogP contribution in [-0.4, -0.2) is 0 Å². The number of hydrogen-bond acceptors (Lipinski definition) is 1. The monoisotopic (exact) mass is 254 g/mol. The average Bonchev–Trinajstić information content (AvgIpc) is 2.93. The van der Waals surface area contributed by atoms with Crippen LogP contribution in [0.5, 0.6) is 0 Å². The van der Waals surface area contributed by atoms with E-state index in [1.807, 2.05) is 0 Å². The van der Waals surface area contributed by atoms with E-state index < -0.39 is 0 Å². The highest BCUT2D eigenvalue weighted by Crippen LogP contribution is 2.37. The van der Waals surface area contributed by atoms with Crippen LogP contribution >= 0.6 is 12.6 Å². The summed E-state index contributed by atoms with van der Waals surface area (Å²) in [5.74, 6) is 0.765. The topological polar surface area (TPSA) is 0 Å². The molecule has 3 rings (SSSR count). The highest BCUT2D eigenvalue weighted by atomic mass is 32.1. The first-order valence-corrected chi connectivity index (χ1v) is 7.17. The first kappa shape index (κ1) is 11.9. The van der Waals surface area contributed by atoms with Gasteiger partial charge in [-0.2, -0.15) is 0 Å². The van der Waals surface area contributed by atoms with Crippen LogP contribution in [0.1, 0.15) is 37.2 Å². The highest BCUT2D eigenvalue weighted by Gasteiger charge is 2.17. The maximum Gasteiger partial charge on any atom is 0.0121 e. The van der Waals surface area contributed by atoms with E-state index in [0.717, 1.165) is 10.8 Å². The van der Waals surface area contributed by atoms with Gasteiger partial charge in [-0.25, -0.2) is 0 Å². The summed E-state index contributed by atoms with van der Waals surface area (Å²) < 4.78 is 0. The van der Waals surface area contributed by atoms with Gasteiger partial charge in [-0.3, -0.25) is 0 Å². The maximum atomic E-state index is 4.67. The Morgan fingerprint density at radius 1 is 0.889 bits per heavy atom. The molecule has 1 aliphatic rings. The molecule has 2 aromatic rings. The molecule has 1 heteroatoms. The molecule has 92 valence electrons. The molecule has 0 atom stereocenters. The Morgan fingerprint density at radius 2 is 1.61 bits per heavy atom. The van der Waals surface area contributed by atoms with Gasteiger partial charge in [0.25, 0.3) is 0 Å². The van der Waals surface area contributed by atoms with Crippen molar-refractivity contribution in [2.75, 3.05) is 0 Å². The second-order valence-corrected chi connectivity index (χ2v) is 5.61. The van der Waals surface area contributed by atoms with E-state index >= 15 is 0 Å². The minimum absolute atomic E-state index is 0.765. The molecule has 0 heterocycles. The van der Waals surface area contributed by atoms with Gasteiger partial charge in [0.15, 0.2) is 0 Å². The third kappa shape index (κ3) is 2.32. The second kappa shape index (κ2) is 5.19. The van der Waals surface area contributed by atoms with Crippen molar-refractivity contribution in [2.24, 2.45) is 0 Å². The van der Waals surface area contributed by atoms with Crippen LogP contribution < -0.4 is 0 Å². The lowest BCUT2D eigenvalue weighted by atomic mass is 9.95. The molecule has 18 heavy (non-hydrogen) atoms. The van der Waals surface area contributed by atoms with Crippen molar-refractivity contribution in [1.82, 2.24) is 0 Å². The molecule has 0 radical (unpaired) electrons. The summed E-state index contributed by atoms with van der Waals surface area (Å²) in [4.78, 5) is 1.10. The average molecular weight is 254 g/mol. The Morgan fingerprint density at radius 3 is 2.28 bits per heavy atom. The van der Waals surface area contributed by atoms with Gasteiger partial charge in [-0.15, -0.1) is 12.6 Å². The predicted octanol–water partition coefficient (Wildman–Crippen LogP) is 5.30. The Balaban J connectivity index is 1.94. The first-order chi connectivity index (χ1) is 8.84. The van der Waals surface area contributed by atoms with Crippen LogP contribution in [-0.2, 0) is 0 Å². The molecular weight excluding hydrogens is 236 g/mol. The SMILES string of the molecule is Sc1cc(C2CCCC2)ccc1-c1ccccc1. The van der Waals surface area contributed by atoms with E-state index in [9.17, 15) is 0 Å². The van der Waals surface area contributed by atoms with E-state index in [0.29, 0.717) is 0 Å². The third-order valence-corrected chi connectivity index (χ3v) is 4.30. The fraction of sp³-hybridized carbons (Fsp3) is 0.294. The number of thiol groups is 1. The van der Waals surface area contributed by atoms with E-state index in [1.54, 1.807) is 0 Å². The zero-order chi connectivity index (χ0) is 12.4. The fourth-order valence-electron chi connectivity index (χ4n) is 2.92. The quantitative estimate of drug-likeness (QED) is 0.691. The van der Waals surface area contributed by atoms with Gasteiger partial charge in [0, 0.05) is 4.90 Å². The van der Waals surface area contributed by atoms with Crippen LogP contribution in [0.2, 0.25) is 0 Å². The molecule has 0 aliphatic heterocycles. The summed E-state index contributed by atoms with van der Waals surface area (Å²) >= 11 is 4.67. The lowest BCUT2D eigenvalue weighted by Crippen LogP contribution is -1.92. The van der Waals surface area contributed by atoms with E-state index in [4.69, 9.17) is 0 Å². The zero-order valence-electron chi connectivity index (χ0n) is 10.5. The lowest BCUT2D eigenvalue weighted by Gasteiger charge is -2.12. The molecule has 0 N–H and O–H groups in total. The van der Waals surface area contributed by atoms with Gasteiger partial charge in [-0.05, 0) is 41.5 Å². The largest absolute Gasteiger partial charge is 0.143 e. The van der Waals surface area contributed by atoms with Crippen molar-refractivity contribution in [1.29, 1.82) is 0 Å². The molecule has 0 amide bonds. The normalized spacial score (nSPS) is 16.1. The second-order valence-electron chi connectivity index (χ2n) is 5.12. The Labute approximate surface area is 114 Å². The van der Waals surface area contributed by atoms with Crippen LogP contribution in [0.15, 0.2) is 53.4 Å². The first-order valence-electron chi connectivity index (χ1n) is 6.73. The molecule has 2 aromatic carbocycles. The number of benzene rings is 2. The van der Waals surface area contributed by atoms with Gasteiger partial charge in [-0.1, -0.05) is 55.3 Å². The van der Waals surface area contributed by atoms with Crippen LogP contribution in [0, 0.1) is 0 Å². The van der Waals surface area contributed by atoms with Crippen molar-refractivity contribution in [2.45, 2.75) is 36.5 Å². The lowest BCUT2D eigenvalue weighted by molar-refractivity contribution is 0.721. The summed E-state index contributed by atoms with van der Waals surface area (Å²) in [6.07, 6.45) is 5.45. The molecule has 0 spiro atoms. The third-order valence-electron chi connectivity index (χ3n) is 3.93. The molecule has 0 unspecified atom stereocenters. The smallest absolute Gasteiger partial charge is 0.0121 e. The van der Waals surface area contributed by atoms with Crippen molar-refractivity contribution < 1.29 is 0 Å². The molecule has 0 aromatic heterocycles.